The number of amides is 2. The van der Waals surface area contributed by atoms with Crippen molar-refractivity contribution < 1.29 is 27.1 Å². The predicted octanol–water partition coefficient (Wildman–Crippen LogP) is 5.67. The fourth-order valence-corrected chi connectivity index (χ4v) is 5.70. The van der Waals surface area contributed by atoms with Crippen LogP contribution in [-0.4, -0.2) is 50.4 Å². The number of hydrogen-bond acceptors (Lipinski definition) is 5. The summed E-state index contributed by atoms with van der Waals surface area (Å²) < 4.78 is 47.7. The number of sulfonamides is 1. The van der Waals surface area contributed by atoms with Gasteiger partial charge in [-0.25, -0.2) is 12.8 Å². The molecular weight excluding hydrogens is 592 g/mol. The summed E-state index contributed by atoms with van der Waals surface area (Å²) >= 11 is 12.2. The van der Waals surface area contributed by atoms with Crippen molar-refractivity contribution in [2.45, 2.75) is 51.2 Å². The van der Waals surface area contributed by atoms with Gasteiger partial charge in [0, 0.05) is 12.6 Å². The van der Waals surface area contributed by atoms with Crippen LogP contribution in [0, 0.1) is 5.82 Å². The van der Waals surface area contributed by atoms with Crippen LogP contribution in [0.2, 0.25) is 10.0 Å². The van der Waals surface area contributed by atoms with Gasteiger partial charge in [-0.1, -0.05) is 29.3 Å². The molecule has 0 aliphatic carbocycles. The van der Waals surface area contributed by atoms with Gasteiger partial charge >= 0.3 is 0 Å². The number of carbonyl (C=O) groups is 2. The minimum Gasteiger partial charge on any atom is -0.494 e. The van der Waals surface area contributed by atoms with E-state index in [2.05, 4.69) is 5.32 Å². The van der Waals surface area contributed by atoms with Gasteiger partial charge in [0.25, 0.3) is 10.0 Å². The average Bonchev–Trinajstić information content (AvgIpc) is 2.92. The van der Waals surface area contributed by atoms with Gasteiger partial charge < -0.3 is 15.0 Å². The number of nitrogens with zero attached hydrogens (tertiary/aromatic N) is 2. The van der Waals surface area contributed by atoms with E-state index in [9.17, 15) is 22.4 Å². The van der Waals surface area contributed by atoms with Gasteiger partial charge in [0.2, 0.25) is 11.8 Å². The first kappa shape index (κ1) is 32.2. The number of carbonyl (C=O) groups excluding carboxylic acids is 2. The molecule has 3 aromatic rings. The van der Waals surface area contributed by atoms with E-state index in [4.69, 9.17) is 27.9 Å². The Hall–Kier alpha value is -3.34. The summed E-state index contributed by atoms with van der Waals surface area (Å²) in [5.41, 5.74) is 0.655. The summed E-state index contributed by atoms with van der Waals surface area (Å²) in [6, 6.07) is 14.2. The average molecular weight is 625 g/mol. The van der Waals surface area contributed by atoms with E-state index in [0.29, 0.717) is 22.9 Å². The fourth-order valence-electron chi connectivity index (χ4n) is 3.96. The first-order chi connectivity index (χ1) is 19.3. The van der Waals surface area contributed by atoms with Crippen LogP contribution in [-0.2, 0) is 26.2 Å². The smallest absolute Gasteiger partial charge is 0.264 e. The summed E-state index contributed by atoms with van der Waals surface area (Å²) in [5.74, 6) is -1.18. The van der Waals surface area contributed by atoms with E-state index in [1.807, 2.05) is 0 Å². The summed E-state index contributed by atoms with van der Waals surface area (Å²) in [4.78, 5) is 28.0. The van der Waals surface area contributed by atoms with Crippen molar-refractivity contribution in [3.8, 4) is 5.75 Å². The van der Waals surface area contributed by atoms with Crippen LogP contribution < -0.4 is 14.4 Å². The summed E-state index contributed by atoms with van der Waals surface area (Å²) in [7, 11) is -4.31. The lowest BCUT2D eigenvalue weighted by Gasteiger charge is -2.32. The Morgan fingerprint density at radius 1 is 0.951 bits per heavy atom. The molecule has 0 fully saturated rings. The third-order valence-electron chi connectivity index (χ3n) is 6.05. The van der Waals surface area contributed by atoms with E-state index in [1.165, 1.54) is 41.3 Å². The van der Waals surface area contributed by atoms with Crippen molar-refractivity contribution in [1.82, 2.24) is 10.2 Å². The standard InChI is InChI=1S/C29H32Cl2FN3O5S/c1-5-40-24-11-13-25(14-12-24)41(38,39)35(23-9-7-22(32)8-10-23)18-28(36)34(20(4)29(37)33-19(2)3)17-21-6-15-26(30)27(31)16-21/h6-16,19-20H,5,17-18H2,1-4H3,(H,33,37)/t20-/m0/s1. The van der Waals surface area contributed by atoms with Gasteiger partial charge in [-0.2, -0.15) is 0 Å². The van der Waals surface area contributed by atoms with E-state index < -0.39 is 40.2 Å². The molecule has 220 valence electrons. The maximum atomic E-state index is 13.9. The zero-order valence-electron chi connectivity index (χ0n) is 23.1. The van der Waals surface area contributed by atoms with Crippen molar-refractivity contribution in [1.29, 1.82) is 0 Å². The Kier molecular flexibility index (Phi) is 11.0. The van der Waals surface area contributed by atoms with E-state index in [1.54, 1.807) is 45.9 Å². The van der Waals surface area contributed by atoms with Crippen LogP contribution in [0.15, 0.2) is 71.6 Å². The summed E-state index contributed by atoms with van der Waals surface area (Å²) in [6.45, 7) is 6.62. The molecule has 0 saturated heterocycles. The maximum Gasteiger partial charge on any atom is 0.264 e. The van der Waals surface area contributed by atoms with Crippen LogP contribution in [0.25, 0.3) is 0 Å². The Morgan fingerprint density at radius 3 is 2.15 bits per heavy atom. The summed E-state index contributed by atoms with van der Waals surface area (Å²) in [5, 5.41) is 3.37. The molecule has 0 heterocycles. The third-order valence-corrected chi connectivity index (χ3v) is 8.58. The highest BCUT2D eigenvalue weighted by Crippen LogP contribution is 2.27. The molecule has 0 saturated carbocycles. The molecule has 41 heavy (non-hydrogen) atoms. The Bertz CT molecular complexity index is 1470. The molecule has 1 atom stereocenters. The van der Waals surface area contributed by atoms with Gasteiger partial charge in [0.05, 0.1) is 27.2 Å². The monoisotopic (exact) mass is 623 g/mol. The topological polar surface area (TPSA) is 96.0 Å². The lowest BCUT2D eigenvalue weighted by molar-refractivity contribution is -0.139. The molecule has 0 aliphatic heterocycles. The van der Waals surface area contributed by atoms with Crippen LogP contribution in [0.5, 0.6) is 5.75 Å². The molecule has 8 nitrogen and oxygen atoms in total. The molecule has 0 unspecified atom stereocenters. The van der Waals surface area contributed by atoms with Crippen molar-refractivity contribution >= 4 is 50.7 Å². The number of halogens is 3. The molecular formula is C29H32Cl2FN3O5S. The molecule has 0 spiro atoms. The Labute approximate surface area is 250 Å². The largest absolute Gasteiger partial charge is 0.494 e. The SMILES string of the molecule is CCOc1ccc(S(=O)(=O)N(CC(=O)N(Cc2ccc(Cl)c(Cl)c2)[C@@H](C)C(=O)NC(C)C)c2ccc(F)cc2)cc1. The minimum absolute atomic E-state index is 0.0528. The third kappa shape index (κ3) is 8.34. The molecule has 0 bridgehead atoms. The molecule has 1 N–H and O–H groups in total. The lowest BCUT2D eigenvalue weighted by atomic mass is 10.1. The zero-order valence-corrected chi connectivity index (χ0v) is 25.4. The lowest BCUT2D eigenvalue weighted by Crippen LogP contribution is -2.52. The first-order valence-corrected chi connectivity index (χ1v) is 15.1. The second-order valence-corrected chi connectivity index (χ2v) is 12.2. The minimum atomic E-state index is -4.31. The van der Waals surface area contributed by atoms with Crippen molar-refractivity contribution in [3.05, 3.63) is 88.2 Å². The summed E-state index contributed by atoms with van der Waals surface area (Å²) in [6.07, 6.45) is 0. The van der Waals surface area contributed by atoms with E-state index >= 15 is 0 Å². The molecule has 2 amide bonds. The second kappa shape index (κ2) is 14.0. The normalized spacial score (nSPS) is 12.1. The molecule has 12 heteroatoms. The Balaban J connectivity index is 2.03. The number of hydrogen-bond donors (Lipinski definition) is 1. The zero-order chi connectivity index (χ0) is 30.3. The number of rotatable bonds is 12. The predicted molar refractivity (Wildman–Crippen MR) is 158 cm³/mol. The quantitative estimate of drug-likeness (QED) is 0.280. The van der Waals surface area contributed by atoms with Gasteiger partial charge in [-0.3, -0.25) is 13.9 Å². The van der Waals surface area contributed by atoms with Crippen molar-refractivity contribution in [3.63, 3.8) is 0 Å². The van der Waals surface area contributed by atoms with Crippen LogP contribution in [0.1, 0.15) is 33.3 Å². The fraction of sp³-hybridized carbons (Fsp3) is 0.310. The molecule has 0 radical (unpaired) electrons. The van der Waals surface area contributed by atoms with E-state index in [-0.39, 0.29) is 28.2 Å². The van der Waals surface area contributed by atoms with Gasteiger partial charge in [0.15, 0.2) is 0 Å². The highest BCUT2D eigenvalue weighted by Gasteiger charge is 2.33. The van der Waals surface area contributed by atoms with Crippen LogP contribution in [0.4, 0.5) is 10.1 Å². The number of nitrogens with one attached hydrogen (secondary N) is 1. The maximum absolute atomic E-state index is 13.9. The number of anilines is 1. The highest BCUT2D eigenvalue weighted by atomic mass is 35.5. The molecule has 3 rings (SSSR count). The van der Waals surface area contributed by atoms with Gasteiger partial charge in [-0.05, 0) is 93.9 Å². The first-order valence-electron chi connectivity index (χ1n) is 12.9. The van der Waals surface area contributed by atoms with Crippen molar-refractivity contribution in [2.75, 3.05) is 17.5 Å². The van der Waals surface area contributed by atoms with Gasteiger partial charge in [-0.15, -0.1) is 0 Å². The Morgan fingerprint density at radius 2 is 1.59 bits per heavy atom. The molecule has 0 aromatic heterocycles. The van der Waals surface area contributed by atoms with Gasteiger partial charge in [0.1, 0.15) is 24.2 Å². The van der Waals surface area contributed by atoms with Crippen LogP contribution in [0.3, 0.4) is 0 Å². The number of benzene rings is 3. The van der Waals surface area contributed by atoms with Crippen molar-refractivity contribution in [2.24, 2.45) is 0 Å². The van der Waals surface area contributed by atoms with E-state index in [0.717, 1.165) is 16.4 Å². The second-order valence-electron chi connectivity index (χ2n) is 9.50. The number of ether oxygens (including phenoxy) is 1. The molecule has 3 aromatic carbocycles. The van der Waals surface area contributed by atoms with Crippen LogP contribution >= 0.6 is 23.2 Å². The highest BCUT2D eigenvalue weighted by molar-refractivity contribution is 7.92. The molecule has 0 aliphatic rings.